The Morgan fingerprint density at radius 1 is 1.04 bits per heavy atom. The molecule has 2 unspecified atom stereocenters. The molecular weight excluding hydrogens is 576 g/mol. The molecular formula is C34H42N4O7. The molecule has 0 aromatic heterocycles. The zero-order chi connectivity index (χ0) is 33.3. The van der Waals surface area contributed by atoms with Crippen LogP contribution < -0.4 is 16.0 Å². The molecule has 0 bridgehead atoms. The number of rotatable bonds is 6. The summed E-state index contributed by atoms with van der Waals surface area (Å²) in [6, 6.07) is 8.72. The van der Waals surface area contributed by atoms with Crippen molar-refractivity contribution in [3.05, 3.63) is 52.6 Å². The highest BCUT2D eigenvalue weighted by atomic mass is 16.3. The second-order valence-corrected chi connectivity index (χ2v) is 14.1. The van der Waals surface area contributed by atoms with Gasteiger partial charge in [0.2, 0.25) is 5.91 Å². The van der Waals surface area contributed by atoms with Gasteiger partial charge in [-0.1, -0.05) is 45.0 Å². The molecule has 6 atom stereocenters. The number of primary amides is 1. The van der Waals surface area contributed by atoms with Gasteiger partial charge in [0.15, 0.2) is 34.7 Å². The van der Waals surface area contributed by atoms with Gasteiger partial charge in [-0.15, -0.1) is 0 Å². The molecule has 3 aliphatic carbocycles. The first-order valence-electron chi connectivity index (χ1n) is 15.1. The number of anilines is 2. The molecule has 2 fully saturated rings. The molecule has 1 amide bonds. The number of phenolic OH excluding ortho intramolecular Hbond substituents is 1. The molecule has 11 heteroatoms. The first-order valence-corrected chi connectivity index (χ1v) is 15.1. The van der Waals surface area contributed by atoms with E-state index in [0.717, 1.165) is 5.56 Å². The molecule has 2 aromatic carbocycles. The van der Waals surface area contributed by atoms with Crippen molar-refractivity contribution in [1.82, 2.24) is 4.90 Å². The molecule has 0 radical (unpaired) electrons. The lowest BCUT2D eigenvalue weighted by Gasteiger charge is -2.52. The molecule has 5 rings (SSSR count). The van der Waals surface area contributed by atoms with Crippen molar-refractivity contribution < 1.29 is 34.2 Å². The number of nitrogens with zero attached hydrogens (tertiary/aromatic N) is 2. The van der Waals surface area contributed by atoms with Crippen molar-refractivity contribution in [3.63, 3.8) is 0 Å². The Labute approximate surface area is 262 Å². The largest absolute Gasteiger partial charge is 0.505 e. The van der Waals surface area contributed by atoms with E-state index in [1.807, 2.05) is 31.1 Å². The molecule has 3 aliphatic rings. The summed E-state index contributed by atoms with van der Waals surface area (Å²) in [7, 11) is 6.75. The highest BCUT2D eigenvalue weighted by Gasteiger charge is 2.69. The topological polar surface area (TPSA) is 170 Å². The number of amides is 1. The highest BCUT2D eigenvalue weighted by Crippen LogP contribution is 2.52. The zero-order valence-electron chi connectivity index (χ0n) is 26.8. The van der Waals surface area contributed by atoms with Crippen molar-refractivity contribution in [2.75, 3.05) is 38.4 Å². The number of hydrogen-bond acceptors (Lipinski definition) is 10. The van der Waals surface area contributed by atoms with Gasteiger partial charge in [-0.05, 0) is 61.0 Å². The van der Waals surface area contributed by atoms with Crippen molar-refractivity contribution in [2.45, 2.75) is 57.2 Å². The third-order valence-electron chi connectivity index (χ3n) is 9.82. The number of nitrogens with one attached hydrogen (secondary N) is 1. The van der Waals surface area contributed by atoms with Crippen LogP contribution >= 0.6 is 0 Å². The predicted molar refractivity (Wildman–Crippen MR) is 168 cm³/mol. The average molecular weight is 619 g/mol. The van der Waals surface area contributed by atoms with E-state index in [-0.39, 0.29) is 29.6 Å². The van der Waals surface area contributed by atoms with Gasteiger partial charge in [-0.25, -0.2) is 0 Å². The van der Waals surface area contributed by atoms with Crippen LogP contribution in [0, 0.1) is 23.7 Å². The van der Waals surface area contributed by atoms with Crippen LogP contribution in [0.4, 0.5) is 11.4 Å². The quantitative estimate of drug-likeness (QED) is 0.277. The fourth-order valence-electron chi connectivity index (χ4n) is 7.51. The van der Waals surface area contributed by atoms with Crippen LogP contribution in [0.5, 0.6) is 5.75 Å². The van der Waals surface area contributed by atoms with E-state index in [1.165, 1.54) is 10.5 Å². The molecule has 0 heterocycles. The lowest BCUT2D eigenvalue weighted by Crippen LogP contribution is -2.74. The third-order valence-corrected chi connectivity index (χ3v) is 9.82. The van der Waals surface area contributed by atoms with E-state index in [4.69, 9.17) is 5.73 Å². The van der Waals surface area contributed by atoms with E-state index >= 15 is 0 Å². The SMILES string of the molecule is CN(C)c1cc(NCc2ccc(C(C)(C)C)cc2)c(O)c2c1C[C@H]1C[C@H]3[C@H](N(C)C)C(=O)C(C(N)=O)C(=O)[C@]3(O)C(=O)C1C2=O. The first kappa shape index (κ1) is 32.3. The van der Waals surface area contributed by atoms with Crippen LogP contribution in [-0.4, -0.2) is 84.0 Å². The number of benzene rings is 2. The zero-order valence-corrected chi connectivity index (χ0v) is 26.8. The highest BCUT2D eigenvalue weighted by molar-refractivity contribution is 6.32. The minimum atomic E-state index is -2.76. The Morgan fingerprint density at radius 3 is 2.20 bits per heavy atom. The summed E-state index contributed by atoms with van der Waals surface area (Å²) in [6.45, 7) is 6.75. The van der Waals surface area contributed by atoms with Crippen LogP contribution in [-0.2, 0) is 37.6 Å². The van der Waals surface area contributed by atoms with Crippen LogP contribution in [0.15, 0.2) is 30.3 Å². The summed E-state index contributed by atoms with van der Waals surface area (Å²) in [4.78, 5) is 70.7. The van der Waals surface area contributed by atoms with E-state index in [9.17, 15) is 34.2 Å². The fourth-order valence-corrected chi connectivity index (χ4v) is 7.51. The Bertz CT molecular complexity index is 1610. The average Bonchev–Trinajstić information content (AvgIpc) is 2.93. The van der Waals surface area contributed by atoms with Gasteiger partial charge >= 0.3 is 0 Å². The normalized spacial score (nSPS) is 28.0. The summed E-state index contributed by atoms with van der Waals surface area (Å²) in [5, 5.41) is 26.5. The number of nitrogens with two attached hydrogens (primary N) is 1. The minimum Gasteiger partial charge on any atom is -0.505 e. The molecule has 5 N–H and O–H groups in total. The van der Waals surface area contributed by atoms with Crippen molar-refractivity contribution in [3.8, 4) is 5.75 Å². The fraction of sp³-hybridized carbons (Fsp3) is 0.500. The predicted octanol–water partition coefficient (Wildman–Crippen LogP) is 1.84. The van der Waals surface area contributed by atoms with Crippen LogP contribution in [0.1, 0.15) is 54.2 Å². The van der Waals surface area contributed by atoms with E-state index < -0.39 is 64.4 Å². The molecule has 2 saturated carbocycles. The number of hydrogen-bond donors (Lipinski definition) is 4. The van der Waals surface area contributed by atoms with E-state index in [1.54, 1.807) is 20.2 Å². The number of Topliss-reactive ketones (excluding diaryl/α,β-unsaturated/α-hetero) is 4. The Kier molecular flexibility index (Phi) is 7.94. The summed E-state index contributed by atoms with van der Waals surface area (Å²) in [6.07, 6.45) is 0.198. The number of ketones is 4. The maximum absolute atomic E-state index is 14.2. The Morgan fingerprint density at radius 2 is 1.67 bits per heavy atom. The molecule has 0 aliphatic heterocycles. The Balaban J connectivity index is 1.55. The number of carbonyl (C=O) groups is 5. The van der Waals surface area contributed by atoms with Gasteiger partial charge in [0, 0.05) is 32.2 Å². The van der Waals surface area contributed by atoms with E-state index in [2.05, 4.69) is 38.2 Å². The van der Waals surface area contributed by atoms with Gasteiger partial charge in [-0.3, -0.25) is 28.9 Å². The van der Waals surface area contributed by atoms with Crippen molar-refractivity contribution in [2.24, 2.45) is 29.4 Å². The number of likely N-dealkylation sites (N-methyl/N-ethyl adjacent to an activating group) is 1. The van der Waals surface area contributed by atoms with Gasteiger partial charge in [0.1, 0.15) is 5.75 Å². The molecule has 0 spiro atoms. The van der Waals surface area contributed by atoms with E-state index in [0.29, 0.717) is 23.5 Å². The second-order valence-electron chi connectivity index (χ2n) is 14.1. The number of aromatic hydroxyl groups is 1. The molecule has 0 saturated heterocycles. The van der Waals surface area contributed by atoms with Gasteiger partial charge in [0.05, 0.1) is 23.2 Å². The first-order chi connectivity index (χ1) is 20.9. The molecule has 11 nitrogen and oxygen atoms in total. The summed E-state index contributed by atoms with van der Waals surface area (Å²) < 4.78 is 0. The Hall–Kier alpha value is -4.09. The van der Waals surface area contributed by atoms with Gasteiger partial charge in [-0.2, -0.15) is 0 Å². The van der Waals surface area contributed by atoms with Crippen molar-refractivity contribution in [1.29, 1.82) is 0 Å². The third kappa shape index (κ3) is 5.02. The maximum Gasteiger partial charge on any atom is 0.235 e. The smallest absolute Gasteiger partial charge is 0.235 e. The van der Waals surface area contributed by atoms with Crippen LogP contribution in [0.2, 0.25) is 0 Å². The molecule has 2 aromatic rings. The maximum atomic E-state index is 14.2. The number of carbonyl (C=O) groups excluding carboxylic acids is 5. The number of fused-ring (bicyclic) bond motifs is 3. The van der Waals surface area contributed by atoms with Crippen molar-refractivity contribution >= 4 is 40.4 Å². The number of phenols is 1. The van der Waals surface area contributed by atoms with Crippen LogP contribution in [0.3, 0.4) is 0 Å². The summed E-state index contributed by atoms with van der Waals surface area (Å²) in [5.74, 6) is -10.7. The summed E-state index contributed by atoms with van der Waals surface area (Å²) in [5.41, 5.74) is 6.25. The van der Waals surface area contributed by atoms with Gasteiger partial charge < -0.3 is 26.2 Å². The molecule has 240 valence electrons. The second kappa shape index (κ2) is 11.1. The summed E-state index contributed by atoms with van der Waals surface area (Å²) >= 11 is 0. The standard InChI is InChI=1S/C34H42N4O7/c1-33(2,3)18-10-8-16(9-11-18)15-36-21-14-22(37(4)5)19-12-17-13-20-26(38(6)7)29(41)25(32(35)44)31(43)34(20,45)30(42)23(17)28(40)24(19)27(21)39/h8-11,14,17,20,23,25-26,36,39,45H,12-13,15H2,1-7H3,(H2,35,44)/t17-,20-,23?,25?,26-,34+/m0/s1. The minimum absolute atomic E-state index is 0.00207. The molecule has 45 heavy (non-hydrogen) atoms. The lowest BCUT2D eigenvalue weighted by molar-refractivity contribution is -0.181. The monoisotopic (exact) mass is 618 g/mol. The van der Waals surface area contributed by atoms with Gasteiger partial charge in [0.25, 0.3) is 0 Å². The lowest BCUT2D eigenvalue weighted by atomic mass is 9.52. The van der Waals surface area contributed by atoms with Crippen LogP contribution in [0.25, 0.3) is 0 Å². The number of aliphatic hydroxyl groups is 1.